The Kier molecular flexibility index (Phi) is 4.43. The number of likely N-dealkylation sites (tertiary alicyclic amines) is 1. The molecule has 0 radical (unpaired) electrons. The third-order valence-corrected chi connectivity index (χ3v) is 6.11. The highest BCUT2D eigenvalue weighted by atomic mass is 16.5. The molecule has 3 saturated heterocycles. The van der Waals surface area contributed by atoms with Crippen molar-refractivity contribution in [2.24, 2.45) is 11.3 Å². The minimum atomic E-state index is -0.255. The predicted octanol–water partition coefficient (Wildman–Crippen LogP) is 0.519. The van der Waals surface area contributed by atoms with Crippen molar-refractivity contribution >= 4 is 11.6 Å². The number of fused-ring (bicyclic) bond motifs is 1. The van der Waals surface area contributed by atoms with Gasteiger partial charge in [0, 0.05) is 61.9 Å². The van der Waals surface area contributed by atoms with Gasteiger partial charge in [0.1, 0.15) is 0 Å². The summed E-state index contributed by atoms with van der Waals surface area (Å²) in [4.78, 5) is 19.4. The largest absolute Gasteiger partial charge is 0.396 e. The number of hydrogen-bond acceptors (Lipinski definition) is 5. The first-order chi connectivity index (χ1) is 12.1. The first-order valence-electron chi connectivity index (χ1n) is 9.13. The van der Waals surface area contributed by atoms with E-state index in [0.29, 0.717) is 26.3 Å². The normalized spacial score (nSPS) is 29.9. The standard InChI is InChI=1S/C19H27N3O3/c1-20-6-8-21(9-7-20)17-4-2-15(3-5-17)18(24)22-10-16-11-25-14-19(16,12-22)13-23/h2-5,16,23H,6-14H2,1H3/t16-,19-/m0/s1. The molecule has 3 fully saturated rings. The highest BCUT2D eigenvalue weighted by Gasteiger charge is 2.51. The fourth-order valence-electron chi connectivity index (χ4n) is 4.27. The fraction of sp³-hybridized carbons (Fsp3) is 0.632. The summed E-state index contributed by atoms with van der Waals surface area (Å²) in [5.41, 5.74) is 1.66. The molecule has 1 aromatic carbocycles. The van der Waals surface area contributed by atoms with Gasteiger partial charge in [-0.2, -0.15) is 0 Å². The Hall–Kier alpha value is -1.63. The van der Waals surface area contributed by atoms with Crippen LogP contribution in [0.15, 0.2) is 24.3 Å². The molecule has 1 aromatic rings. The van der Waals surface area contributed by atoms with E-state index in [9.17, 15) is 9.90 Å². The molecule has 0 bridgehead atoms. The van der Waals surface area contributed by atoms with Gasteiger partial charge in [-0.25, -0.2) is 0 Å². The van der Waals surface area contributed by atoms with Gasteiger partial charge in [0.15, 0.2) is 0 Å². The molecule has 25 heavy (non-hydrogen) atoms. The van der Waals surface area contributed by atoms with Crippen molar-refractivity contribution in [2.75, 3.05) is 71.0 Å². The van der Waals surface area contributed by atoms with Crippen molar-refractivity contribution in [2.45, 2.75) is 0 Å². The van der Waals surface area contributed by atoms with Crippen LogP contribution < -0.4 is 4.90 Å². The Labute approximate surface area is 149 Å². The van der Waals surface area contributed by atoms with Crippen molar-refractivity contribution in [1.29, 1.82) is 0 Å². The lowest BCUT2D eigenvalue weighted by atomic mass is 9.82. The van der Waals surface area contributed by atoms with Crippen LogP contribution in [0.1, 0.15) is 10.4 Å². The van der Waals surface area contributed by atoms with Crippen LogP contribution >= 0.6 is 0 Å². The van der Waals surface area contributed by atoms with Crippen LogP contribution in [0.3, 0.4) is 0 Å². The van der Waals surface area contributed by atoms with E-state index in [-0.39, 0.29) is 23.8 Å². The first kappa shape index (κ1) is 16.8. The molecule has 3 aliphatic rings. The number of carbonyl (C=O) groups is 1. The Morgan fingerprint density at radius 1 is 1.24 bits per heavy atom. The van der Waals surface area contributed by atoms with Gasteiger partial charge in [-0.3, -0.25) is 4.79 Å². The number of likely N-dealkylation sites (N-methyl/N-ethyl adjacent to an activating group) is 1. The fourth-order valence-corrected chi connectivity index (χ4v) is 4.27. The molecule has 2 atom stereocenters. The zero-order valence-electron chi connectivity index (χ0n) is 14.9. The number of rotatable bonds is 3. The van der Waals surface area contributed by atoms with Crippen LogP contribution in [-0.2, 0) is 4.74 Å². The molecule has 0 spiro atoms. The van der Waals surface area contributed by atoms with E-state index in [2.05, 4.69) is 29.0 Å². The topological polar surface area (TPSA) is 56.2 Å². The summed E-state index contributed by atoms with van der Waals surface area (Å²) in [5, 5.41) is 9.77. The minimum absolute atomic E-state index is 0.0622. The molecule has 136 valence electrons. The average molecular weight is 345 g/mol. The van der Waals surface area contributed by atoms with E-state index in [1.165, 1.54) is 5.69 Å². The van der Waals surface area contributed by atoms with E-state index >= 15 is 0 Å². The highest BCUT2D eigenvalue weighted by molar-refractivity contribution is 5.94. The molecular formula is C19H27N3O3. The Morgan fingerprint density at radius 3 is 2.60 bits per heavy atom. The smallest absolute Gasteiger partial charge is 0.253 e. The van der Waals surface area contributed by atoms with Gasteiger partial charge < -0.3 is 24.5 Å². The van der Waals surface area contributed by atoms with Gasteiger partial charge in [0.25, 0.3) is 5.91 Å². The van der Waals surface area contributed by atoms with Crippen LogP contribution in [0, 0.1) is 11.3 Å². The number of aliphatic hydroxyl groups is 1. The highest BCUT2D eigenvalue weighted by Crippen LogP contribution is 2.41. The number of benzene rings is 1. The second kappa shape index (κ2) is 6.59. The van der Waals surface area contributed by atoms with Crippen molar-refractivity contribution in [3.63, 3.8) is 0 Å². The zero-order chi connectivity index (χ0) is 17.4. The van der Waals surface area contributed by atoms with Gasteiger partial charge >= 0.3 is 0 Å². The molecule has 6 heteroatoms. The SMILES string of the molecule is CN1CCN(c2ccc(C(=O)N3C[C@H]4COC[C@@]4(CO)C3)cc2)CC1. The molecule has 0 aliphatic carbocycles. The maximum Gasteiger partial charge on any atom is 0.253 e. The number of nitrogens with zero attached hydrogens (tertiary/aromatic N) is 3. The van der Waals surface area contributed by atoms with Gasteiger partial charge in [-0.1, -0.05) is 0 Å². The number of ether oxygens (including phenoxy) is 1. The van der Waals surface area contributed by atoms with Crippen LogP contribution in [-0.4, -0.2) is 87.0 Å². The summed E-state index contributed by atoms with van der Waals surface area (Å²) in [6, 6.07) is 7.99. The van der Waals surface area contributed by atoms with Gasteiger partial charge in [-0.15, -0.1) is 0 Å². The summed E-state index contributed by atoms with van der Waals surface area (Å²) in [5.74, 6) is 0.318. The van der Waals surface area contributed by atoms with E-state index in [0.717, 1.165) is 31.7 Å². The summed E-state index contributed by atoms with van der Waals surface area (Å²) in [6.07, 6.45) is 0. The third kappa shape index (κ3) is 3.03. The lowest BCUT2D eigenvalue weighted by Gasteiger charge is -2.34. The van der Waals surface area contributed by atoms with Crippen LogP contribution in [0.5, 0.6) is 0 Å². The van der Waals surface area contributed by atoms with Gasteiger partial charge in [0.2, 0.25) is 0 Å². The van der Waals surface area contributed by atoms with Crippen molar-refractivity contribution in [3.8, 4) is 0 Å². The number of hydrogen-bond donors (Lipinski definition) is 1. The Bertz CT molecular complexity index is 627. The lowest BCUT2D eigenvalue weighted by molar-refractivity contribution is 0.0631. The number of piperazine rings is 1. The molecule has 3 heterocycles. The van der Waals surface area contributed by atoms with Gasteiger partial charge in [-0.05, 0) is 31.3 Å². The van der Waals surface area contributed by atoms with E-state index < -0.39 is 0 Å². The van der Waals surface area contributed by atoms with Crippen LogP contribution in [0.4, 0.5) is 5.69 Å². The zero-order valence-corrected chi connectivity index (χ0v) is 14.9. The molecule has 3 aliphatic heterocycles. The Balaban J connectivity index is 1.43. The minimum Gasteiger partial charge on any atom is -0.396 e. The lowest BCUT2D eigenvalue weighted by Crippen LogP contribution is -2.44. The summed E-state index contributed by atoms with van der Waals surface area (Å²) < 4.78 is 5.52. The third-order valence-electron chi connectivity index (χ3n) is 6.11. The van der Waals surface area contributed by atoms with E-state index in [1.807, 2.05) is 17.0 Å². The molecule has 0 unspecified atom stereocenters. The molecule has 0 saturated carbocycles. The van der Waals surface area contributed by atoms with E-state index in [1.54, 1.807) is 0 Å². The molecule has 1 amide bonds. The maximum atomic E-state index is 12.9. The molecule has 1 N–H and O–H groups in total. The monoisotopic (exact) mass is 345 g/mol. The van der Waals surface area contributed by atoms with Crippen LogP contribution in [0.2, 0.25) is 0 Å². The van der Waals surface area contributed by atoms with Crippen LogP contribution in [0.25, 0.3) is 0 Å². The predicted molar refractivity (Wildman–Crippen MR) is 95.9 cm³/mol. The molecular weight excluding hydrogens is 318 g/mol. The second-order valence-electron chi connectivity index (χ2n) is 7.76. The van der Waals surface area contributed by atoms with Crippen molar-refractivity contribution < 1.29 is 14.6 Å². The quantitative estimate of drug-likeness (QED) is 0.866. The van der Waals surface area contributed by atoms with Crippen molar-refractivity contribution in [3.05, 3.63) is 29.8 Å². The number of carbonyl (C=O) groups excluding carboxylic acids is 1. The molecule has 0 aromatic heterocycles. The number of amides is 1. The Morgan fingerprint density at radius 2 is 1.96 bits per heavy atom. The van der Waals surface area contributed by atoms with Gasteiger partial charge in [0.05, 0.1) is 19.8 Å². The first-order valence-corrected chi connectivity index (χ1v) is 9.13. The molecule has 6 nitrogen and oxygen atoms in total. The van der Waals surface area contributed by atoms with Crippen molar-refractivity contribution in [1.82, 2.24) is 9.80 Å². The summed E-state index contributed by atoms with van der Waals surface area (Å²) in [6.45, 7) is 6.75. The summed E-state index contributed by atoms with van der Waals surface area (Å²) >= 11 is 0. The maximum absolute atomic E-state index is 12.9. The number of aliphatic hydroxyl groups excluding tert-OH is 1. The molecule has 4 rings (SSSR count). The second-order valence-corrected chi connectivity index (χ2v) is 7.76. The summed E-state index contributed by atoms with van der Waals surface area (Å²) in [7, 11) is 2.15. The number of anilines is 1. The van der Waals surface area contributed by atoms with E-state index in [4.69, 9.17) is 4.74 Å². The average Bonchev–Trinajstić information content (AvgIpc) is 3.19.